The number of Topliss-reactive ketones (excluding diaryl/α,β-unsaturated/α-hetero) is 1. The van der Waals surface area contributed by atoms with Crippen molar-refractivity contribution in [1.29, 1.82) is 0 Å². The van der Waals surface area contributed by atoms with Gasteiger partial charge >= 0.3 is 0 Å². The molecule has 0 aromatic carbocycles. The summed E-state index contributed by atoms with van der Waals surface area (Å²) in [5, 5.41) is 0. The summed E-state index contributed by atoms with van der Waals surface area (Å²) in [4.78, 5) is 16.6. The van der Waals surface area contributed by atoms with Crippen LogP contribution in [0.25, 0.3) is 0 Å². The van der Waals surface area contributed by atoms with Crippen LogP contribution in [0.3, 0.4) is 0 Å². The van der Waals surface area contributed by atoms with Crippen LogP contribution >= 0.6 is 0 Å². The zero-order valence-electron chi connectivity index (χ0n) is 14.3. The predicted molar refractivity (Wildman–Crippen MR) is 88.3 cm³/mol. The van der Waals surface area contributed by atoms with Gasteiger partial charge in [0.2, 0.25) is 0 Å². The number of carbonyl (C=O) groups is 1. The van der Waals surface area contributed by atoms with Crippen LogP contribution in [0, 0.1) is 0 Å². The van der Waals surface area contributed by atoms with E-state index in [1.807, 2.05) is 0 Å². The van der Waals surface area contributed by atoms with Gasteiger partial charge in [-0.25, -0.2) is 0 Å². The molecule has 0 spiro atoms. The van der Waals surface area contributed by atoms with Crippen molar-refractivity contribution in [2.75, 3.05) is 39.3 Å². The third-order valence-corrected chi connectivity index (χ3v) is 4.15. The van der Waals surface area contributed by atoms with E-state index in [-0.39, 0.29) is 0 Å². The number of carbonyl (C=O) groups excluding carboxylic acids is 1. The van der Waals surface area contributed by atoms with Crippen LogP contribution in [0.2, 0.25) is 0 Å². The summed E-state index contributed by atoms with van der Waals surface area (Å²) in [5.41, 5.74) is 0. The summed E-state index contributed by atoms with van der Waals surface area (Å²) >= 11 is 0. The van der Waals surface area contributed by atoms with E-state index in [9.17, 15) is 4.79 Å². The molecule has 3 heteroatoms. The summed E-state index contributed by atoms with van der Waals surface area (Å²) in [5.74, 6) is 0.462. The van der Waals surface area contributed by atoms with Crippen LogP contribution < -0.4 is 0 Å². The Bertz CT molecular complexity index is 201. The van der Waals surface area contributed by atoms with Crippen LogP contribution in [0.4, 0.5) is 0 Å². The molecule has 0 amide bonds. The molecule has 0 unspecified atom stereocenters. The number of unbranched alkanes of at least 4 members (excludes halogenated alkanes) is 2. The van der Waals surface area contributed by atoms with E-state index >= 15 is 0 Å². The van der Waals surface area contributed by atoms with E-state index in [1.54, 1.807) is 0 Å². The number of ketones is 1. The highest BCUT2D eigenvalue weighted by atomic mass is 16.1. The summed E-state index contributed by atoms with van der Waals surface area (Å²) in [6, 6.07) is 0. The van der Waals surface area contributed by atoms with E-state index in [0.29, 0.717) is 5.78 Å². The third kappa shape index (κ3) is 10.4. The molecular formula is C17H36N2O. The Labute approximate surface area is 126 Å². The largest absolute Gasteiger partial charge is 0.304 e. The Morgan fingerprint density at radius 1 is 0.650 bits per heavy atom. The molecule has 0 rings (SSSR count). The minimum Gasteiger partial charge on any atom is -0.304 e. The Balaban J connectivity index is 3.45. The molecule has 0 saturated heterocycles. The average Bonchev–Trinajstić information content (AvgIpc) is 2.47. The highest BCUT2D eigenvalue weighted by Gasteiger charge is 2.04. The van der Waals surface area contributed by atoms with Gasteiger partial charge in [-0.2, -0.15) is 0 Å². The second kappa shape index (κ2) is 13.6. The molecule has 0 bridgehead atoms. The van der Waals surface area contributed by atoms with Crippen molar-refractivity contribution in [3.63, 3.8) is 0 Å². The van der Waals surface area contributed by atoms with Crippen molar-refractivity contribution in [3.8, 4) is 0 Å². The number of rotatable bonds is 14. The minimum atomic E-state index is 0.462. The first-order chi connectivity index (χ1) is 9.67. The topological polar surface area (TPSA) is 23.6 Å². The highest BCUT2D eigenvalue weighted by Crippen LogP contribution is 2.05. The Morgan fingerprint density at radius 2 is 1.00 bits per heavy atom. The lowest BCUT2D eigenvalue weighted by Crippen LogP contribution is -2.24. The molecule has 0 aromatic rings. The number of hydrogen-bond donors (Lipinski definition) is 0. The molecule has 0 aliphatic rings. The lowest BCUT2D eigenvalue weighted by atomic mass is 10.1. The van der Waals surface area contributed by atoms with Gasteiger partial charge in [-0.05, 0) is 65.0 Å². The smallest absolute Gasteiger partial charge is 0.132 e. The maximum Gasteiger partial charge on any atom is 0.132 e. The molecule has 0 atom stereocenters. The van der Waals surface area contributed by atoms with Gasteiger partial charge in [-0.15, -0.1) is 0 Å². The summed E-state index contributed by atoms with van der Waals surface area (Å²) in [7, 11) is 0. The Morgan fingerprint density at radius 3 is 1.30 bits per heavy atom. The SMILES string of the molecule is CCN(CC)CCCCC(=O)CCCCN(CC)CC. The van der Waals surface area contributed by atoms with Crippen LogP contribution in [0.1, 0.15) is 66.2 Å². The van der Waals surface area contributed by atoms with Gasteiger partial charge < -0.3 is 9.80 Å². The number of hydrogen-bond acceptors (Lipinski definition) is 3. The monoisotopic (exact) mass is 284 g/mol. The lowest BCUT2D eigenvalue weighted by Gasteiger charge is -2.17. The van der Waals surface area contributed by atoms with E-state index in [0.717, 1.165) is 77.8 Å². The third-order valence-electron chi connectivity index (χ3n) is 4.15. The molecule has 120 valence electrons. The Kier molecular flexibility index (Phi) is 13.3. The summed E-state index contributed by atoms with van der Waals surface area (Å²) in [6.45, 7) is 15.6. The second-order valence-corrected chi connectivity index (χ2v) is 5.51. The maximum absolute atomic E-state index is 11.8. The standard InChI is InChI=1S/C17H36N2O/c1-5-18(6-2)15-11-9-13-17(20)14-10-12-16-19(7-3)8-4/h5-16H2,1-4H3. The average molecular weight is 284 g/mol. The molecule has 0 N–H and O–H groups in total. The van der Waals surface area contributed by atoms with Crippen LogP contribution in [-0.2, 0) is 4.79 Å². The normalized spacial score (nSPS) is 11.5. The van der Waals surface area contributed by atoms with Crippen molar-refractivity contribution in [3.05, 3.63) is 0 Å². The fourth-order valence-electron chi connectivity index (χ4n) is 2.52. The molecule has 0 aliphatic heterocycles. The molecule has 20 heavy (non-hydrogen) atoms. The van der Waals surface area contributed by atoms with Gasteiger partial charge in [0.05, 0.1) is 0 Å². The minimum absolute atomic E-state index is 0.462. The first kappa shape index (κ1) is 19.6. The van der Waals surface area contributed by atoms with Crippen molar-refractivity contribution in [2.45, 2.75) is 66.2 Å². The molecule has 0 aliphatic carbocycles. The summed E-state index contributed by atoms with van der Waals surface area (Å²) < 4.78 is 0. The van der Waals surface area contributed by atoms with Gasteiger partial charge in [0.15, 0.2) is 0 Å². The van der Waals surface area contributed by atoms with Crippen LogP contribution in [0.5, 0.6) is 0 Å². The molecular weight excluding hydrogens is 248 g/mol. The zero-order chi connectivity index (χ0) is 15.2. The highest BCUT2D eigenvalue weighted by molar-refractivity contribution is 5.78. The number of nitrogens with zero attached hydrogens (tertiary/aromatic N) is 2. The van der Waals surface area contributed by atoms with Crippen molar-refractivity contribution in [1.82, 2.24) is 9.80 Å². The molecule has 0 aromatic heterocycles. The van der Waals surface area contributed by atoms with Crippen molar-refractivity contribution >= 4 is 5.78 Å². The van der Waals surface area contributed by atoms with Crippen LogP contribution in [0.15, 0.2) is 0 Å². The Hall–Kier alpha value is -0.410. The predicted octanol–water partition coefficient (Wildman–Crippen LogP) is 3.58. The first-order valence-electron chi connectivity index (χ1n) is 8.64. The molecule has 0 fully saturated rings. The lowest BCUT2D eigenvalue weighted by molar-refractivity contribution is -0.119. The van der Waals surface area contributed by atoms with E-state index < -0.39 is 0 Å². The van der Waals surface area contributed by atoms with E-state index in [4.69, 9.17) is 0 Å². The second-order valence-electron chi connectivity index (χ2n) is 5.51. The quantitative estimate of drug-likeness (QED) is 0.456. The fraction of sp³-hybridized carbons (Fsp3) is 0.941. The van der Waals surface area contributed by atoms with Gasteiger partial charge in [0.25, 0.3) is 0 Å². The van der Waals surface area contributed by atoms with Gasteiger partial charge in [0.1, 0.15) is 5.78 Å². The molecule has 3 nitrogen and oxygen atoms in total. The summed E-state index contributed by atoms with van der Waals surface area (Å²) in [6.07, 6.45) is 6.01. The van der Waals surface area contributed by atoms with E-state index in [1.165, 1.54) is 0 Å². The fourth-order valence-corrected chi connectivity index (χ4v) is 2.52. The van der Waals surface area contributed by atoms with Gasteiger partial charge in [-0.1, -0.05) is 27.7 Å². The molecule has 0 saturated carbocycles. The van der Waals surface area contributed by atoms with Crippen molar-refractivity contribution in [2.24, 2.45) is 0 Å². The molecule has 0 heterocycles. The van der Waals surface area contributed by atoms with Gasteiger partial charge in [0, 0.05) is 12.8 Å². The van der Waals surface area contributed by atoms with Crippen molar-refractivity contribution < 1.29 is 4.79 Å². The van der Waals surface area contributed by atoms with E-state index in [2.05, 4.69) is 37.5 Å². The zero-order valence-corrected chi connectivity index (χ0v) is 14.3. The van der Waals surface area contributed by atoms with Gasteiger partial charge in [-0.3, -0.25) is 4.79 Å². The van der Waals surface area contributed by atoms with Crippen LogP contribution in [-0.4, -0.2) is 54.9 Å². The first-order valence-corrected chi connectivity index (χ1v) is 8.64. The maximum atomic E-state index is 11.8. The molecule has 0 radical (unpaired) electrons.